The third-order valence-corrected chi connectivity index (χ3v) is 5.08. The first-order chi connectivity index (χ1) is 7.24. The smallest absolute Gasteiger partial charge is 0.270 e. The SMILES string of the molecule is CC(C)(CNC(=O)c1cscn1)S(C)(=O)=O. The molecule has 0 fully saturated rings. The summed E-state index contributed by atoms with van der Waals surface area (Å²) in [5.74, 6) is -0.349. The molecule has 0 spiro atoms. The number of amides is 1. The second-order valence-electron chi connectivity index (χ2n) is 4.09. The van der Waals surface area contributed by atoms with Crippen LogP contribution in [-0.2, 0) is 9.84 Å². The Kier molecular flexibility index (Phi) is 3.69. The van der Waals surface area contributed by atoms with Crippen LogP contribution in [0.15, 0.2) is 10.9 Å². The molecule has 1 N–H and O–H groups in total. The van der Waals surface area contributed by atoms with Crippen LogP contribution in [0.4, 0.5) is 0 Å². The molecule has 0 aliphatic rings. The standard InChI is InChI=1S/C9H14N2O3S2/c1-9(2,16(3,13)14)5-10-8(12)7-4-15-6-11-7/h4,6H,5H2,1-3H3,(H,10,12). The van der Waals surface area contributed by atoms with Crippen LogP contribution in [0, 0.1) is 0 Å². The first-order valence-electron chi connectivity index (χ1n) is 4.60. The number of nitrogens with one attached hydrogen (secondary N) is 1. The molecule has 5 nitrogen and oxygen atoms in total. The van der Waals surface area contributed by atoms with Crippen molar-refractivity contribution in [2.75, 3.05) is 12.8 Å². The molecule has 0 aliphatic carbocycles. The summed E-state index contributed by atoms with van der Waals surface area (Å²) in [6, 6.07) is 0. The van der Waals surface area contributed by atoms with Crippen molar-refractivity contribution in [1.29, 1.82) is 0 Å². The number of hydrogen-bond donors (Lipinski definition) is 1. The van der Waals surface area contributed by atoms with Crippen LogP contribution in [0.1, 0.15) is 24.3 Å². The monoisotopic (exact) mass is 262 g/mol. The molecule has 1 aromatic rings. The van der Waals surface area contributed by atoms with E-state index in [0.29, 0.717) is 5.69 Å². The van der Waals surface area contributed by atoms with Gasteiger partial charge in [-0.3, -0.25) is 4.79 Å². The third kappa shape index (κ3) is 3.02. The number of hydrogen-bond acceptors (Lipinski definition) is 5. The molecule has 0 atom stereocenters. The van der Waals surface area contributed by atoms with Crippen molar-refractivity contribution in [3.05, 3.63) is 16.6 Å². The Morgan fingerprint density at radius 1 is 1.56 bits per heavy atom. The van der Waals surface area contributed by atoms with E-state index in [1.165, 1.54) is 11.3 Å². The van der Waals surface area contributed by atoms with E-state index in [0.717, 1.165) is 6.26 Å². The van der Waals surface area contributed by atoms with Crippen LogP contribution in [-0.4, -0.2) is 36.9 Å². The highest BCUT2D eigenvalue weighted by molar-refractivity contribution is 7.92. The van der Waals surface area contributed by atoms with E-state index in [-0.39, 0.29) is 12.5 Å². The minimum atomic E-state index is -3.20. The summed E-state index contributed by atoms with van der Waals surface area (Å²) in [7, 11) is -3.20. The molecule has 0 saturated carbocycles. The average Bonchev–Trinajstić information content (AvgIpc) is 2.65. The zero-order valence-electron chi connectivity index (χ0n) is 9.35. The lowest BCUT2D eigenvalue weighted by atomic mass is 10.2. The van der Waals surface area contributed by atoms with E-state index < -0.39 is 14.6 Å². The van der Waals surface area contributed by atoms with Gasteiger partial charge in [-0.2, -0.15) is 0 Å². The van der Waals surface area contributed by atoms with E-state index in [1.807, 2.05) is 0 Å². The molecule has 16 heavy (non-hydrogen) atoms. The summed E-state index contributed by atoms with van der Waals surface area (Å²) < 4.78 is 21.8. The van der Waals surface area contributed by atoms with Gasteiger partial charge in [0.1, 0.15) is 5.69 Å². The lowest BCUT2D eigenvalue weighted by Crippen LogP contribution is -2.43. The van der Waals surface area contributed by atoms with Gasteiger partial charge in [-0.25, -0.2) is 13.4 Å². The van der Waals surface area contributed by atoms with Gasteiger partial charge in [-0.1, -0.05) is 0 Å². The van der Waals surface area contributed by atoms with Crippen LogP contribution < -0.4 is 5.32 Å². The molecule has 0 radical (unpaired) electrons. The number of aromatic nitrogens is 1. The first-order valence-corrected chi connectivity index (χ1v) is 7.43. The Morgan fingerprint density at radius 3 is 2.62 bits per heavy atom. The molecule has 1 heterocycles. The van der Waals surface area contributed by atoms with Gasteiger partial charge in [-0.05, 0) is 13.8 Å². The third-order valence-electron chi connectivity index (χ3n) is 2.34. The van der Waals surface area contributed by atoms with Gasteiger partial charge in [0.15, 0.2) is 9.84 Å². The molecule has 0 aliphatic heterocycles. The normalized spacial score (nSPS) is 12.4. The number of sulfone groups is 1. The highest BCUT2D eigenvalue weighted by Crippen LogP contribution is 2.13. The summed E-state index contributed by atoms with van der Waals surface area (Å²) in [5.41, 5.74) is 1.87. The number of carbonyl (C=O) groups excluding carboxylic acids is 1. The van der Waals surface area contributed by atoms with E-state index in [9.17, 15) is 13.2 Å². The van der Waals surface area contributed by atoms with Crippen LogP contribution >= 0.6 is 11.3 Å². The summed E-state index contributed by atoms with van der Waals surface area (Å²) in [4.78, 5) is 15.4. The van der Waals surface area contributed by atoms with Gasteiger partial charge in [0.25, 0.3) is 5.91 Å². The summed E-state index contributed by atoms with van der Waals surface area (Å²) in [6.07, 6.45) is 1.15. The van der Waals surface area contributed by atoms with Crippen molar-refractivity contribution in [2.24, 2.45) is 0 Å². The molecule has 7 heteroatoms. The van der Waals surface area contributed by atoms with Gasteiger partial charge >= 0.3 is 0 Å². The number of thiazole rings is 1. The number of rotatable bonds is 4. The van der Waals surface area contributed by atoms with E-state index >= 15 is 0 Å². The van der Waals surface area contributed by atoms with Crippen LogP contribution in [0.25, 0.3) is 0 Å². The summed E-state index contributed by atoms with van der Waals surface area (Å²) in [5, 5.41) is 4.17. The fraction of sp³-hybridized carbons (Fsp3) is 0.556. The molecule has 1 rings (SSSR count). The predicted molar refractivity (Wildman–Crippen MR) is 63.4 cm³/mol. The first kappa shape index (κ1) is 13.1. The summed E-state index contributed by atoms with van der Waals surface area (Å²) in [6.45, 7) is 3.22. The quantitative estimate of drug-likeness (QED) is 0.866. The highest BCUT2D eigenvalue weighted by Gasteiger charge is 2.30. The van der Waals surface area contributed by atoms with Gasteiger partial charge in [0.05, 0.1) is 10.3 Å². The lowest BCUT2D eigenvalue weighted by Gasteiger charge is -2.22. The molecular formula is C9H14N2O3S2. The summed E-state index contributed by atoms with van der Waals surface area (Å²) >= 11 is 1.32. The van der Waals surface area contributed by atoms with Gasteiger partial charge in [0, 0.05) is 18.2 Å². The molecule has 0 saturated heterocycles. The van der Waals surface area contributed by atoms with Crippen LogP contribution in [0.5, 0.6) is 0 Å². The minimum absolute atomic E-state index is 0.0716. The largest absolute Gasteiger partial charge is 0.349 e. The highest BCUT2D eigenvalue weighted by atomic mass is 32.2. The van der Waals surface area contributed by atoms with Gasteiger partial charge in [0.2, 0.25) is 0 Å². The maximum absolute atomic E-state index is 11.5. The molecule has 1 aromatic heterocycles. The Labute approximate surface area is 98.8 Å². The van der Waals surface area contributed by atoms with Crippen molar-refractivity contribution in [1.82, 2.24) is 10.3 Å². The maximum Gasteiger partial charge on any atom is 0.270 e. The van der Waals surface area contributed by atoms with Crippen molar-refractivity contribution >= 4 is 27.1 Å². The maximum atomic E-state index is 11.5. The van der Waals surface area contributed by atoms with Crippen LogP contribution in [0.3, 0.4) is 0 Å². The lowest BCUT2D eigenvalue weighted by molar-refractivity contribution is 0.0946. The van der Waals surface area contributed by atoms with Crippen molar-refractivity contribution in [3.63, 3.8) is 0 Å². The van der Waals surface area contributed by atoms with Crippen molar-refractivity contribution in [2.45, 2.75) is 18.6 Å². The second-order valence-corrected chi connectivity index (χ2v) is 7.46. The number of carbonyl (C=O) groups is 1. The van der Waals surface area contributed by atoms with E-state index in [1.54, 1.807) is 24.7 Å². The topological polar surface area (TPSA) is 76.1 Å². The molecule has 90 valence electrons. The molecule has 0 aromatic carbocycles. The second kappa shape index (κ2) is 4.50. The molecule has 0 unspecified atom stereocenters. The van der Waals surface area contributed by atoms with Gasteiger partial charge in [-0.15, -0.1) is 11.3 Å². The van der Waals surface area contributed by atoms with Crippen LogP contribution in [0.2, 0.25) is 0 Å². The van der Waals surface area contributed by atoms with Gasteiger partial charge < -0.3 is 5.32 Å². The predicted octanol–water partition coefficient (Wildman–Crippen LogP) is 0.696. The molecule has 0 bridgehead atoms. The zero-order chi connectivity index (χ0) is 12.4. The van der Waals surface area contributed by atoms with Crippen molar-refractivity contribution in [3.8, 4) is 0 Å². The fourth-order valence-corrected chi connectivity index (χ4v) is 1.71. The molecule has 1 amide bonds. The van der Waals surface area contributed by atoms with E-state index in [2.05, 4.69) is 10.3 Å². The average molecular weight is 262 g/mol. The van der Waals surface area contributed by atoms with Crippen molar-refractivity contribution < 1.29 is 13.2 Å². The fourth-order valence-electron chi connectivity index (χ4n) is 0.839. The Balaban J connectivity index is 2.63. The Hall–Kier alpha value is -0.950. The molecular weight excluding hydrogens is 248 g/mol. The number of nitrogens with zero attached hydrogens (tertiary/aromatic N) is 1. The Morgan fingerprint density at radius 2 is 2.19 bits per heavy atom. The minimum Gasteiger partial charge on any atom is -0.349 e. The Bertz CT molecular complexity index is 463. The zero-order valence-corrected chi connectivity index (χ0v) is 11.0. The van der Waals surface area contributed by atoms with E-state index in [4.69, 9.17) is 0 Å².